The third kappa shape index (κ3) is 20.5. The molecule has 4 saturated carbocycles. The van der Waals surface area contributed by atoms with Gasteiger partial charge in [0.15, 0.2) is 11.6 Å². The van der Waals surface area contributed by atoms with Gasteiger partial charge in [-0.05, 0) is 212 Å². The number of nitrogens with zero attached hydrogens (tertiary/aromatic N) is 4. The Bertz CT molecular complexity index is 4450. The van der Waals surface area contributed by atoms with Gasteiger partial charge >= 0.3 is 5.97 Å². The third-order valence-electron chi connectivity index (χ3n) is 21.7. The number of carboxylic acids is 1. The van der Waals surface area contributed by atoms with Gasteiger partial charge in [-0.2, -0.15) is 0 Å². The Hall–Kier alpha value is -7.32. The van der Waals surface area contributed by atoms with Crippen LogP contribution in [0.1, 0.15) is 202 Å². The number of aryl methyl sites for hydroxylation is 6. The zero-order valence-corrected chi connectivity index (χ0v) is 65.0. The van der Waals surface area contributed by atoms with E-state index < -0.39 is 76.5 Å². The number of ketones is 2. The van der Waals surface area contributed by atoms with E-state index in [1.165, 1.54) is 58.3 Å². The molecular weight excluding hydrogens is 1420 g/mol. The summed E-state index contributed by atoms with van der Waals surface area (Å²) in [7, 11) is -7.15. The van der Waals surface area contributed by atoms with Crippen molar-refractivity contribution in [2.75, 3.05) is 13.1 Å². The molecule has 2 aliphatic heterocycles. The minimum atomic E-state index is -3.92. The summed E-state index contributed by atoms with van der Waals surface area (Å²) in [6, 6.07) is 19.7. The van der Waals surface area contributed by atoms with Gasteiger partial charge in [0.2, 0.25) is 37.8 Å². The van der Waals surface area contributed by atoms with Crippen LogP contribution in [0, 0.1) is 62.0 Å². The fourth-order valence-electron chi connectivity index (χ4n) is 14.3. The number of nitrogens with two attached hydrogens (primary N) is 1. The minimum absolute atomic E-state index is 0.0612. The number of hydrogen-bond donors (Lipinski definition) is 3. The molecule has 0 radical (unpaired) electrons. The van der Waals surface area contributed by atoms with Crippen LogP contribution in [0.2, 0.25) is 0 Å². The molecule has 4 aliphatic carbocycles. The summed E-state index contributed by atoms with van der Waals surface area (Å²) in [6.45, 7) is 15.6. The van der Waals surface area contributed by atoms with Crippen molar-refractivity contribution >= 4 is 98.4 Å². The number of aromatic nitrogens is 2. The Balaban J connectivity index is 0.000000205. The van der Waals surface area contributed by atoms with Gasteiger partial charge in [-0.25, -0.2) is 40.7 Å². The number of unbranched alkanes of at least 4 members (excludes halogenated alkanes) is 8. The number of carbonyl (C=O) groups is 6. The highest BCUT2D eigenvalue weighted by Crippen LogP contribution is 2.59. The maximum atomic E-state index is 14.4. The van der Waals surface area contributed by atoms with Crippen LogP contribution in [0.4, 0.5) is 8.78 Å². The Morgan fingerprint density at radius 1 is 0.600 bits per heavy atom. The molecule has 3 amide bonds. The summed E-state index contributed by atoms with van der Waals surface area (Å²) in [6.07, 6.45) is 21.9. The number of Topliss-reactive ketones (excluding diaryl/α,β-unsaturated/α-hetero) is 2. The molecule has 25 heteroatoms. The summed E-state index contributed by atoms with van der Waals surface area (Å²) < 4.78 is 90.7. The van der Waals surface area contributed by atoms with Gasteiger partial charge in [-0.15, -0.1) is 0 Å². The van der Waals surface area contributed by atoms with Crippen LogP contribution in [-0.4, -0.2) is 124 Å². The standard InChI is InChI=1S/C40H50FN3O6S2.C36H43FN2O5S.C4H9NO2S/c1-5-6-7-8-9-10-11-29-23-40(29,37(47)43-52(48,49)39(4)16-17-39)24-34(45)33-22-31(50-38-42-32-14-12-26(2)20-35(32)51-38)25-44(33)36(46)15-13-28-18-27(3)19-30(41)21-28;1-4-5-6-7-8-9-10-26-20-36(26,34(42)43)21-31(40)30-19-28(44-35-38-29-13-11-23(2)17-32(29)45-35)22-39(30)33(41)14-12-25-15-24(3)16-27(37)18-25;1-4(2-3-4)8(5,6)7/h10-12,14,18-21,29,31,33H,5-9,13,15-17,22-25H2,1-4H3,(H,43,47);9-11,13,15-18,26,28,30H,4-8,12,14,19-22H2,1-3H3,(H,42,43);2-3H2,1H3,(H2,5,6,7)/b11-10-;10-9-;/t29-,31-,33+,40-;26-,28-,30+,36-;/m11./s1. The number of allylic oxidation sites excluding steroid dienone is 4. The van der Waals surface area contributed by atoms with Crippen molar-refractivity contribution in [3.8, 4) is 10.4 Å². The average Bonchev–Trinajstić information content (AvgIpc) is 1.57. The van der Waals surface area contributed by atoms with Gasteiger partial charge in [-0.3, -0.25) is 33.5 Å². The van der Waals surface area contributed by atoms with Crippen LogP contribution in [0.15, 0.2) is 97.1 Å². The van der Waals surface area contributed by atoms with Crippen molar-refractivity contribution in [3.63, 3.8) is 0 Å². The molecule has 105 heavy (non-hydrogen) atoms. The highest BCUT2D eigenvalue weighted by molar-refractivity contribution is 7.91. The van der Waals surface area contributed by atoms with Crippen LogP contribution in [0.25, 0.3) is 20.4 Å². The minimum Gasteiger partial charge on any atom is -0.481 e. The number of sulfonamides is 2. The molecule has 8 atom stereocenters. The molecule has 0 unspecified atom stereocenters. The topological polar surface area (TPSA) is 280 Å². The molecule has 19 nitrogen and oxygen atoms in total. The molecule has 2 saturated heterocycles. The molecule has 4 N–H and O–H groups in total. The van der Waals surface area contributed by atoms with Gasteiger partial charge in [0.1, 0.15) is 23.8 Å². The number of hydrogen-bond acceptors (Lipinski definition) is 16. The molecule has 4 heterocycles. The molecule has 6 aliphatic rings. The van der Waals surface area contributed by atoms with Crippen LogP contribution < -0.4 is 19.3 Å². The lowest BCUT2D eigenvalue weighted by Crippen LogP contribution is -2.46. The number of carbonyl (C=O) groups excluding carboxylic acids is 5. The number of primary sulfonamides is 1. The number of aliphatic carboxylic acids is 1. The Kier molecular flexibility index (Phi) is 25.9. The molecular formula is C80H102F2N6O13S4. The average molecular weight is 1520 g/mol. The number of amides is 3. The predicted octanol–water partition coefficient (Wildman–Crippen LogP) is 15.0. The van der Waals surface area contributed by atoms with E-state index in [1.807, 2.05) is 80.6 Å². The number of carboxylic acid groups (broad SMARTS) is 1. The molecule has 6 fully saturated rings. The van der Waals surface area contributed by atoms with Crippen molar-refractivity contribution in [2.45, 2.75) is 243 Å². The lowest BCUT2D eigenvalue weighted by Gasteiger charge is -2.25. The zero-order valence-electron chi connectivity index (χ0n) is 61.7. The number of benzene rings is 4. The summed E-state index contributed by atoms with van der Waals surface area (Å²) >= 11 is 2.83. The number of halogens is 2. The Morgan fingerprint density at radius 3 is 1.43 bits per heavy atom. The summed E-state index contributed by atoms with van der Waals surface area (Å²) in [4.78, 5) is 94.3. The van der Waals surface area contributed by atoms with Gasteiger partial charge in [0.05, 0.1) is 65.9 Å². The summed E-state index contributed by atoms with van der Waals surface area (Å²) in [5, 5.41) is 15.9. The second kappa shape index (κ2) is 33.9. The predicted molar refractivity (Wildman–Crippen MR) is 406 cm³/mol. The second-order valence-corrected chi connectivity index (χ2v) is 37.0. The first kappa shape index (κ1) is 80.2. The van der Waals surface area contributed by atoms with Crippen LogP contribution in [-0.2, 0) is 61.7 Å². The number of ether oxygens (including phenoxy) is 2. The van der Waals surface area contributed by atoms with Crippen molar-refractivity contribution in [1.82, 2.24) is 24.5 Å². The quantitative estimate of drug-likeness (QED) is 0.0255. The molecule has 12 rings (SSSR count). The van der Waals surface area contributed by atoms with E-state index in [0.717, 1.165) is 113 Å². The first-order valence-electron chi connectivity index (χ1n) is 37.2. The number of thiazole rings is 2. The van der Waals surface area contributed by atoms with E-state index in [4.69, 9.17) is 14.6 Å². The largest absolute Gasteiger partial charge is 0.481 e. The number of fused-ring (bicyclic) bond motifs is 2. The van der Waals surface area contributed by atoms with Crippen molar-refractivity contribution in [2.24, 2.45) is 27.8 Å². The summed E-state index contributed by atoms with van der Waals surface area (Å²) in [5.41, 5.74) is 4.43. The maximum Gasteiger partial charge on any atom is 0.310 e. The molecule has 0 spiro atoms. The number of nitrogens with one attached hydrogen (secondary N) is 1. The van der Waals surface area contributed by atoms with E-state index in [2.05, 4.69) is 34.6 Å². The molecule has 2 aromatic heterocycles. The van der Waals surface area contributed by atoms with Crippen LogP contribution in [0.5, 0.6) is 10.4 Å². The van der Waals surface area contributed by atoms with E-state index >= 15 is 0 Å². The maximum absolute atomic E-state index is 14.4. The van der Waals surface area contributed by atoms with Crippen molar-refractivity contribution in [1.29, 1.82) is 0 Å². The van der Waals surface area contributed by atoms with Crippen molar-refractivity contribution in [3.05, 3.63) is 142 Å². The summed E-state index contributed by atoms with van der Waals surface area (Å²) in [5.74, 6) is -3.86. The fourth-order valence-corrected chi connectivity index (χ4v) is 18.2. The third-order valence-corrected chi connectivity index (χ3v) is 27.5. The second-order valence-electron chi connectivity index (χ2n) is 30.7. The van der Waals surface area contributed by atoms with E-state index in [1.54, 1.807) is 32.6 Å². The highest BCUT2D eigenvalue weighted by Gasteiger charge is 2.63. The Morgan fingerprint density at radius 2 is 1.03 bits per heavy atom. The lowest BCUT2D eigenvalue weighted by molar-refractivity contribution is -0.147. The van der Waals surface area contributed by atoms with Gasteiger partial charge in [0.25, 0.3) is 10.4 Å². The van der Waals surface area contributed by atoms with Crippen LogP contribution in [0.3, 0.4) is 0 Å². The first-order chi connectivity index (χ1) is 49.7. The van der Waals surface area contributed by atoms with Crippen molar-refractivity contribution < 1.29 is 69.0 Å². The molecule has 6 aromatic rings. The Labute approximate surface area is 624 Å². The zero-order chi connectivity index (χ0) is 75.8. The number of rotatable bonds is 33. The normalized spacial score (nSPS) is 23.4. The molecule has 4 aromatic carbocycles. The first-order valence-corrected chi connectivity index (χ1v) is 41.8. The number of likely N-dealkylation sites (tertiary alicyclic amines) is 2. The molecule has 0 bridgehead atoms. The highest BCUT2D eigenvalue weighted by atomic mass is 32.2. The SMILES string of the molecule is CC1(S(N)(=O)=O)CC1.CCCCCC/C=C\[C@@H]1C[C@]1(CC(=O)[C@@H]1C[C@@H](Oc2nc3ccc(C)cc3s2)CN1C(=O)CCc1cc(C)cc(F)c1)C(=O)NS(=O)(=O)C1(C)CC1.CCCCCC/C=C\[C@@H]1C[C@]1(CC(=O)[C@@H]1C[C@@H](Oc2nc3ccc(C)cc3s2)CN1C(=O)CCc1cc(C)cc(F)c1)C(=O)O. The van der Waals surface area contributed by atoms with Gasteiger partial charge in [-0.1, -0.05) is 124 Å². The smallest absolute Gasteiger partial charge is 0.310 e. The lowest BCUT2D eigenvalue weighted by atomic mass is 9.91. The monoisotopic (exact) mass is 1520 g/mol. The fraction of sp³-hybridized carbons (Fsp3) is 0.550. The van der Waals surface area contributed by atoms with E-state index in [0.29, 0.717) is 60.0 Å². The molecule has 568 valence electrons. The van der Waals surface area contributed by atoms with Gasteiger partial charge < -0.3 is 24.4 Å². The van der Waals surface area contributed by atoms with Crippen LogP contribution >= 0.6 is 22.7 Å². The van der Waals surface area contributed by atoms with Gasteiger partial charge in [0, 0.05) is 38.5 Å². The van der Waals surface area contributed by atoms with E-state index in [9.17, 15) is 59.5 Å². The van der Waals surface area contributed by atoms with E-state index in [-0.39, 0.29) is 98.5 Å².